The topological polar surface area (TPSA) is 38.3 Å². The molecule has 0 radical (unpaired) electrons. The first-order valence-corrected chi connectivity index (χ1v) is 11.6. The molecule has 3 saturated carbocycles. The zero-order valence-electron chi connectivity index (χ0n) is 17.4. The largest absolute Gasteiger partial charge is 0.445 e. The van der Waals surface area contributed by atoms with Crippen LogP contribution >= 0.6 is 0 Å². The lowest BCUT2D eigenvalue weighted by molar-refractivity contribution is -0.0348. The molecule has 3 heteroatoms. The van der Waals surface area contributed by atoms with Crippen molar-refractivity contribution >= 4 is 11.8 Å². The number of carbonyl (C=O) groups is 1. The van der Waals surface area contributed by atoms with E-state index in [0.717, 1.165) is 23.9 Å². The molecule has 152 valence electrons. The van der Waals surface area contributed by atoms with Crippen LogP contribution < -0.4 is 5.32 Å². The third-order valence-electron chi connectivity index (χ3n) is 9.15. The number of allylic oxidation sites excluding steroid dienone is 4. The van der Waals surface area contributed by atoms with Crippen molar-refractivity contribution < 1.29 is 9.53 Å². The molecular formula is C26H31NO2. The number of nitrogens with one attached hydrogen (secondary N) is 1. The van der Waals surface area contributed by atoms with Crippen molar-refractivity contribution in [3.05, 3.63) is 53.1 Å². The van der Waals surface area contributed by atoms with Gasteiger partial charge in [0.25, 0.3) is 0 Å². The van der Waals surface area contributed by atoms with Gasteiger partial charge in [-0.15, -0.1) is 0 Å². The summed E-state index contributed by atoms with van der Waals surface area (Å²) in [6, 6.07) is 9.64. The molecule has 1 aromatic rings. The Hall–Kier alpha value is -2.03. The van der Waals surface area contributed by atoms with E-state index in [1.807, 2.05) is 30.3 Å². The maximum Gasteiger partial charge on any atom is 0.411 e. The highest BCUT2D eigenvalue weighted by Gasteiger charge is 2.77. The van der Waals surface area contributed by atoms with Gasteiger partial charge in [-0.1, -0.05) is 36.8 Å². The minimum atomic E-state index is -0.288. The minimum absolute atomic E-state index is 0.0554. The van der Waals surface area contributed by atoms with Crippen LogP contribution in [0.25, 0.3) is 0 Å². The minimum Gasteiger partial charge on any atom is -0.445 e. The van der Waals surface area contributed by atoms with Crippen molar-refractivity contribution in [2.24, 2.45) is 22.7 Å². The van der Waals surface area contributed by atoms with Crippen LogP contribution in [0.2, 0.25) is 0 Å². The Labute approximate surface area is 173 Å². The first kappa shape index (κ1) is 17.8. The summed E-state index contributed by atoms with van der Waals surface area (Å²) in [5.41, 5.74) is 6.55. The molecule has 0 bridgehead atoms. The van der Waals surface area contributed by atoms with Crippen molar-refractivity contribution in [2.45, 2.75) is 70.8 Å². The van der Waals surface area contributed by atoms with E-state index in [1.54, 1.807) is 16.7 Å². The van der Waals surface area contributed by atoms with Crippen LogP contribution in [-0.2, 0) is 4.74 Å². The highest BCUT2D eigenvalue weighted by atomic mass is 16.6. The molecule has 6 rings (SSSR count). The molecule has 5 aliphatic carbocycles. The van der Waals surface area contributed by atoms with E-state index in [0.29, 0.717) is 5.41 Å². The fourth-order valence-corrected chi connectivity index (χ4v) is 7.79. The maximum absolute atomic E-state index is 12.6. The van der Waals surface area contributed by atoms with Crippen LogP contribution in [0.3, 0.4) is 0 Å². The summed E-state index contributed by atoms with van der Waals surface area (Å²) < 4.78 is 6.09. The van der Waals surface area contributed by atoms with Gasteiger partial charge in [0, 0.05) is 11.1 Å². The Kier molecular flexibility index (Phi) is 3.82. The van der Waals surface area contributed by atoms with Gasteiger partial charge in [0.05, 0.1) is 0 Å². The number of ether oxygens (including phenoxy) is 1. The van der Waals surface area contributed by atoms with Gasteiger partial charge in [0.1, 0.15) is 6.10 Å². The molecule has 3 fully saturated rings. The standard InChI is InChI=1S/C26H31NO2/c1-25-14-13-21-20-10-6-5-7-17(20)11-12-22(21)26(25)16-18(26)15-23(25)29-24(28)27-19-8-3-2-4-9-19/h2-4,7-9,18,22-23H,5-6,10-16H2,1H3,(H,27,28)/t18?,22?,23?,25-,26?/m1/s1. The van der Waals surface area contributed by atoms with Crippen molar-refractivity contribution in [1.82, 2.24) is 0 Å². The Balaban J connectivity index is 1.25. The second kappa shape index (κ2) is 6.23. The van der Waals surface area contributed by atoms with Gasteiger partial charge >= 0.3 is 6.09 Å². The summed E-state index contributed by atoms with van der Waals surface area (Å²) >= 11 is 0. The molecule has 1 spiro atoms. The molecule has 1 N–H and O–H groups in total. The number of anilines is 1. The van der Waals surface area contributed by atoms with E-state index in [2.05, 4.69) is 18.3 Å². The van der Waals surface area contributed by atoms with Crippen LogP contribution in [0.1, 0.15) is 64.7 Å². The fraction of sp³-hybridized carbons (Fsp3) is 0.577. The normalized spacial score (nSPS) is 39.5. The molecule has 5 atom stereocenters. The van der Waals surface area contributed by atoms with Gasteiger partial charge in [0.2, 0.25) is 0 Å². The highest BCUT2D eigenvalue weighted by molar-refractivity contribution is 5.84. The van der Waals surface area contributed by atoms with Gasteiger partial charge in [-0.05, 0) is 98.3 Å². The van der Waals surface area contributed by atoms with E-state index >= 15 is 0 Å². The number of fused-ring (bicyclic) bond motifs is 2. The third-order valence-corrected chi connectivity index (χ3v) is 9.15. The monoisotopic (exact) mass is 389 g/mol. The zero-order chi connectivity index (χ0) is 19.6. The number of carbonyl (C=O) groups excluding carboxylic acids is 1. The second-order valence-corrected chi connectivity index (χ2v) is 10.2. The van der Waals surface area contributed by atoms with Gasteiger partial charge in [0.15, 0.2) is 0 Å². The average Bonchev–Trinajstić information content (AvgIpc) is 3.40. The average molecular weight is 390 g/mol. The molecule has 0 saturated heterocycles. The van der Waals surface area contributed by atoms with Gasteiger partial charge in [-0.2, -0.15) is 0 Å². The summed E-state index contributed by atoms with van der Waals surface area (Å²) in [5, 5.41) is 2.92. The summed E-state index contributed by atoms with van der Waals surface area (Å²) in [6.45, 7) is 2.44. The SMILES string of the molecule is C[C@]12CCC3=C4CCCC=C4CCC3C13CC3CC2OC(=O)Nc1ccccc1. The quantitative estimate of drug-likeness (QED) is 0.616. The predicted molar refractivity (Wildman–Crippen MR) is 115 cm³/mol. The Morgan fingerprint density at radius 1 is 1.17 bits per heavy atom. The van der Waals surface area contributed by atoms with Crippen molar-refractivity contribution in [1.29, 1.82) is 0 Å². The second-order valence-electron chi connectivity index (χ2n) is 10.2. The summed E-state index contributed by atoms with van der Waals surface area (Å²) in [4.78, 5) is 12.6. The first-order valence-electron chi connectivity index (χ1n) is 11.6. The first-order chi connectivity index (χ1) is 14.1. The van der Waals surface area contributed by atoms with Crippen LogP contribution in [-0.4, -0.2) is 12.2 Å². The third kappa shape index (κ3) is 2.45. The van der Waals surface area contributed by atoms with Crippen LogP contribution in [0.4, 0.5) is 10.5 Å². The molecule has 4 unspecified atom stereocenters. The molecule has 5 aliphatic rings. The van der Waals surface area contributed by atoms with E-state index < -0.39 is 0 Å². The van der Waals surface area contributed by atoms with E-state index in [4.69, 9.17) is 4.74 Å². The molecule has 3 nitrogen and oxygen atoms in total. The van der Waals surface area contributed by atoms with Crippen LogP contribution in [0, 0.1) is 22.7 Å². The Morgan fingerprint density at radius 3 is 2.90 bits per heavy atom. The van der Waals surface area contributed by atoms with Gasteiger partial charge in [-0.25, -0.2) is 4.79 Å². The lowest BCUT2D eigenvalue weighted by atomic mass is 9.54. The fourth-order valence-electron chi connectivity index (χ4n) is 7.79. The maximum atomic E-state index is 12.6. The lowest BCUT2D eigenvalue weighted by Gasteiger charge is -2.51. The van der Waals surface area contributed by atoms with Gasteiger partial charge < -0.3 is 4.74 Å². The number of benzene rings is 1. The van der Waals surface area contributed by atoms with Crippen molar-refractivity contribution in [3.63, 3.8) is 0 Å². The Bertz CT molecular complexity index is 916. The number of hydrogen-bond donors (Lipinski definition) is 1. The summed E-state index contributed by atoms with van der Waals surface area (Å²) in [5.74, 6) is 1.49. The van der Waals surface area contributed by atoms with E-state index in [1.165, 1.54) is 51.4 Å². The summed E-state index contributed by atoms with van der Waals surface area (Å²) in [7, 11) is 0. The molecule has 1 aromatic carbocycles. The van der Waals surface area contributed by atoms with Crippen LogP contribution in [0.15, 0.2) is 53.1 Å². The molecule has 1 amide bonds. The number of rotatable bonds is 2. The van der Waals surface area contributed by atoms with Gasteiger partial charge in [-0.3, -0.25) is 5.32 Å². The summed E-state index contributed by atoms with van der Waals surface area (Å²) in [6.07, 6.45) is 13.6. The molecular weight excluding hydrogens is 358 g/mol. The molecule has 0 aromatic heterocycles. The van der Waals surface area contributed by atoms with E-state index in [-0.39, 0.29) is 17.6 Å². The van der Waals surface area contributed by atoms with Crippen molar-refractivity contribution in [2.75, 3.05) is 5.32 Å². The van der Waals surface area contributed by atoms with Crippen molar-refractivity contribution in [3.8, 4) is 0 Å². The highest BCUT2D eigenvalue weighted by Crippen LogP contribution is 2.81. The smallest absolute Gasteiger partial charge is 0.411 e. The van der Waals surface area contributed by atoms with Crippen LogP contribution in [0.5, 0.6) is 0 Å². The zero-order valence-corrected chi connectivity index (χ0v) is 17.4. The number of amides is 1. The number of para-hydroxylation sites is 1. The molecule has 0 aliphatic heterocycles. The predicted octanol–water partition coefficient (Wildman–Crippen LogP) is 6.63. The lowest BCUT2D eigenvalue weighted by Crippen LogP contribution is -2.47. The molecule has 0 heterocycles. The Morgan fingerprint density at radius 2 is 2.03 bits per heavy atom. The number of hydrogen-bond acceptors (Lipinski definition) is 2. The molecule has 29 heavy (non-hydrogen) atoms. The van der Waals surface area contributed by atoms with E-state index in [9.17, 15) is 4.79 Å².